The normalized spacial score (nSPS) is 14.5. The number of fused-ring (bicyclic) bond motifs is 1. The van der Waals surface area contributed by atoms with E-state index in [1.165, 1.54) is 0 Å². The van der Waals surface area contributed by atoms with Crippen molar-refractivity contribution in [2.24, 2.45) is 5.92 Å². The van der Waals surface area contributed by atoms with E-state index in [1.54, 1.807) is 0 Å². The van der Waals surface area contributed by atoms with Crippen molar-refractivity contribution in [3.8, 4) is 11.5 Å². The van der Waals surface area contributed by atoms with Crippen molar-refractivity contribution < 1.29 is 19.0 Å². The van der Waals surface area contributed by atoms with Crippen molar-refractivity contribution in [1.82, 2.24) is 0 Å². The molecule has 92 valence electrons. The monoisotopic (exact) mass is 236 g/mol. The Hall–Kier alpha value is -1.71. The molecule has 0 radical (unpaired) electrons. The summed E-state index contributed by atoms with van der Waals surface area (Å²) in [6, 6.07) is 5.73. The van der Waals surface area contributed by atoms with Crippen LogP contribution in [0.2, 0.25) is 0 Å². The average Bonchev–Trinajstić information content (AvgIpc) is 2.76. The molecule has 1 atom stereocenters. The fourth-order valence-corrected chi connectivity index (χ4v) is 1.79. The minimum atomic E-state index is -0.162. The Morgan fingerprint density at radius 1 is 1.41 bits per heavy atom. The predicted octanol–water partition coefficient (Wildman–Crippen LogP) is 2.16. The van der Waals surface area contributed by atoms with Crippen LogP contribution in [0.15, 0.2) is 18.2 Å². The molecule has 0 aliphatic carbocycles. The number of rotatable bonds is 4. The first-order valence-corrected chi connectivity index (χ1v) is 5.76. The second-order valence-corrected chi connectivity index (χ2v) is 4.04. The van der Waals surface area contributed by atoms with Gasteiger partial charge in [-0.15, -0.1) is 0 Å². The molecule has 1 unspecified atom stereocenters. The van der Waals surface area contributed by atoms with Gasteiger partial charge in [-0.25, -0.2) is 0 Å². The van der Waals surface area contributed by atoms with Gasteiger partial charge in [-0.3, -0.25) is 4.79 Å². The van der Waals surface area contributed by atoms with Crippen LogP contribution in [0, 0.1) is 5.92 Å². The van der Waals surface area contributed by atoms with Crippen LogP contribution in [-0.2, 0) is 16.0 Å². The van der Waals surface area contributed by atoms with Crippen molar-refractivity contribution >= 4 is 5.97 Å². The maximum atomic E-state index is 11.5. The van der Waals surface area contributed by atoms with Crippen LogP contribution in [-0.4, -0.2) is 19.4 Å². The molecule has 0 amide bonds. The highest BCUT2D eigenvalue weighted by Gasteiger charge is 2.17. The van der Waals surface area contributed by atoms with Crippen LogP contribution in [0.3, 0.4) is 0 Å². The Labute approximate surface area is 100 Å². The van der Waals surface area contributed by atoms with E-state index in [-0.39, 0.29) is 18.7 Å². The lowest BCUT2D eigenvalue weighted by Gasteiger charge is -2.10. The van der Waals surface area contributed by atoms with Gasteiger partial charge < -0.3 is 14.2 Å². The maximum Gasteiger partial charge on any atom is 0.308 e. The number of carbonyl (C=O) groups is 1. The Kier molecular flexibility index (Phi) is 3.52. The molecule has 1 aromatic rings. The second-order valence-electron chi connectivity index (χ2n) is 4.04. The van der Waals surface area contributed by atoms with Gasteiger partial charge >= 0.3 is 5.97 Å². The third kappa shape index (κ3) is 2.70. The lowest BCUT2D eigenvalue weighted by molar-refractivity contribution is -0.147. The van der Waals surface area contributed by atoms with Crippen LogP contribution in [0.5, 0.6) is 11.5 Å². The molecule has 1 heterocycles. The predicted molar refractivity (Wildman–Crippen MR) is 62.1 cm³/mol. The van der Waals surface area contributed by atoms with Crippen LogP contribution in [0.1, 0.15) is 19.4 Å². The topological polar surface area (TPSA) is 44.8 Å². The molecule has 0 saturated carbocycles. The van der Waals surface area contributed by atoms with Crippen LogP contribution >= 0.6 is 0 Å². The van der Waals surface area contributed by atoms with E-state index < -0.39 is 0 Å². The first-order valence-electron chi connectivity index (χ1n) is 5.76. The summed E-state index contributed by atoms with van der Waals surface area (Å²) in [6.07, 6.45) is 0.648. The highest BCUT2D eigenvalue weighted by molar-refractivity contribution is 5.72. The molecular formula is C13H16O4. The van der Waals surface area contributed by atoms with Gasteiger partial charge in [0.1, 0.15) is 0 Å². The van der Waals surface area contributed by atoms with E-state index in [1.807, 2.05) is 32.0 Å². The van der Waals surface area contributed by atoms with E-state index >= 15 is 0 Å². The van der Waals surface area contributed by atoms with Crippen molar-refractivity contribution in [3.05, 3.63) is 23.8 Å². The summed E-state index contributed by atoms with van der Waals surface area (Å²) in [5.41, 5.74) is 1.05. The Morgan fingerprint density at radius 2 is 2.18 bits per heavy atom. The van der Waals surface area contributed by atoms with E-state index in [0.29, 0.717) is 13.0 Å². The second kappa shape index (κ2) is 5.08. The number of hydrogen-bond donors (Lipinski definition) is 0. The van der Waals surface area contributed by atoms with Crippen LogP contribution in [0.4, 0.5) is 0 Å². The molecule has 0 fully saturated rings. The quantitative estimate of drug-likeness (QED) is 0.751. The number of ether oxygens (including phenoxy) is 3. The fraction of sp³-hybridized carbons (Fsp3) is 0.462. The Balaban J connectivity index is 2.01. The standard InChI is InChI=1S/C13H16O4/c1-3-15-13(14)9(2)6-10-4-5-11-12(7-10)17-8-16-11/h4-5,7,9H,3,6,8H2,1-2H3. The molecule has 0 saturated heterocycles. The summed E-state index contributed by atoms with van der Waals surface area (Å²) in [4.78, 5) is 11.5. The molecule has 0 spiro atoms. The van der Waals surface area contributed by atoms with Gasteiger partial charge in [0, 0.05) is 0 Å². The summed E-state index contributed by atoms with van der Waals surface area (Å²) in [5, 5.41) is 0. The summed E-state index contributed by atoms with van der Waals surface area (Å²) in [7, 11) is 0. The largest absolute Gasteiger partial charge is 0.466 e. The van der Waals surface area contributed by atoms with E-state index in [0.717, 1.165) is 17.1 Å². The molecule has 4 heteroatoms. The average molecular weight is 236 g/mol. The van der Waals surface area contributed by atoms with Crippen molar-refractivity contribution in [1.29, 1.82) is 0 Å². The van der Waals surface area contributed by atoms with E-state index in [4.69, 9.17) is 14.2 Å². The van der Waals surface area contributed by atoms with Gasteiger partial charge in [-0.2, -0.15) is 0 Å². The van der Waals surface area contributed by atoms with Crippen molar-refractivity contribution in [3.63, 3.8) is 0 Å². The molecule has 1 aliphatic rings. The molecule has 0 aromatic heterocycles. The van der Waals surface area contributed by atoms with Gasteiger partial charge in [0.15, 0.2) is 11.5 Å². The van der Waals surface area contributed by atoms with Crippen LogP contribution in [0.25, 0.3) is 0 Å². The summed E-state index contributed by atoms with van der Waals surface area (Å²) >= 11 is 0. The van der Waals surface area contributed by atoms with Gasteiger partial charge in [0.05, 0.1) is 12.5 Å². The molecule has 2 rings (SSSR count). The highest BCUT2D eigenvalue weighted by Crippen LogP contribution is 2.33. The van der Waals surface area contributed by atoms with Crippen molar-refractivity contribution in [2.45, 2.75) is 20.3 Å². The first-order chi connectivity index (χ1) is 8.20. The van der Waals surface area contributed by atoms with Gasteiger partial charge in [0.25, 0.3) is 0 Å². The maximum absolute atomic E-state index is 11.5. The number of carbonyl (C=O) groups excluding carboxylic acids is 1. The minimum absolute atomic E-state index is 0.143. The smallest absolute Gasteiger partial charge is 0.308 e. The highest BCUT2D eigenvalue weighted by atomic mass is 16.7. The molecule has 17 heavy (non-hydrogen) atoms. The summed E-state index contributed by atoms with van der Waals surface area (Å²) < 4.78 is 15.5. The third-order valence-electron chi connectivity index (χ3n) is 2.67. The Bertz CT molecular complexity index is 414. The molecule has 0 N–H and O–H groups in total. The third-order valence-corrected chi connectivity index (χ3v) is 2.67. The molecule has 0 bridgehead atoms. The first kappa shape index (κ1) is 11.8. The number of hydrogen-bond acceptors (Lipinski definition) is 4. The van der Waals surface area contributed by atoms with Crippen molar-refractivity contribution in [2.75, 3.05) is 13.4 Å². The van der Waals surface area contributed by atoms with E-state index in [2.05, 4.69) is 0 Å². The molecule has 1 aromatic carbocycles. The summed E-state index contributed by atoms with van der Waals surface area (Å²) in [6.45, 7) is 4.37. The molecule has 4 nitrogen and oxygen atoms in total. The SMILES string of the molecule is CCOC(=O)C(C)Cc1ccc2c(c1)OCO2. The molecular weight excluding hydrogens is 220 g/mol. The van der Waals surface area contributed by atoms with Gasteiger partial charge in [-0.05, 0) is 31.0 Å². The van der Waals surface area contributed by atoms with Crippen LogP contribution < -0.4 is 9.47 Å². The fourth-order valence-electron chi connectivity index (χ4n) is 1.79. The number of esters is 1. The summed E-state index contributed by atoms with van der Waals surface area (Å²) in [5.74, 6) is 1.21. The lowest BCUT2D eigenvalue weighted by atomic mass is 10.0. The zero-order valence-corrected chi connectivity index (χ0v) is 10.1. The Morgan fingerprint density at radius 3 is 2.94 bits per heavy atom. The lowest BCUT2D eigenvalue weighted by Crippen LogP contribution is -2.16. The van der Waals surface area contributed by atoms with Gasteiger partial charge in [0.2, 0.25) is 6.79 Å². The number of benzene rings is 1. The zero-order valence-electron chi connectivity index (χ0n) is 10.1. The van der Waals surface area contributed by atoms with Gasteiger partial charge in [-0.1, -0.05) is 13.0 Å². The van der Waals surface area contributed by atoms with E-state index in [9.17, 15) is 4.79 Å². The minimum Gasteiger partial charge on any atom is -0.466 e. The molecule has 1 aliphatic heterocycles. The zero-order chi connectivity index (χ0) is 12.3.